The molecule has 0 spiro atoms. The van der Waals surface area contributed by atoms with Crippen LogP contribution in [0.25, 0.3) is 0 Å². The Bertz CT molecular complexity index is 536. The second kappa shape index (κ2) is 15.0. The molecule has 1 fully saturated rings. The van der Waals surface area contributed by atoms with Crippen LogP contribution in [-0.4, -0.2) is 69.4 Å². The van der Waals surface area contributed by atoms with E-state index in [1.165, 1.54) is 5.56 Å². The molecular formula is C21H37IN4O2. The average molecular weight is 504 g/mol. The van der Waals surface area contributed by atoms with Gasteiger partial charge in [0.25, 0.3) is 0 Å². The summed E-state index contributed by atoms with van der Waals surface area (Å²) >= 11 is 0. The fourth-order valence-corrected chi connectivity index (χ4v) is 3.19. The summed E-state index contributed by atoms with van der Waals surface area (Å²) in [6.45, 7) is 13.9. The highest BCUT2D eigenvalue weighted by atomic mass is 127. The zero-order chi connectivity index (χ0) is 19.3. The SMILES string of the molecule is CCNC(=NCC(C(C)C)N1CCOCC1)NCCOCc1ccccc1.I. The van der Waals surface area contributed by atoms with E-state index in [1.807, 2.05) is 18.2 Å². The smallest absolute Gasteiger partial charge is 0.191 e. The Morgan fingerprint density at radius 2 is 1.89 bits per heavy atom. The lowest BCUT2D eigenvalue weighted by Crippen LogP contribution is -2.48. The van der Waals surface area contributed by atoms with Gasteiger partial charge < -0.3 is 20.1 Å². The molecule has 1 saturated heterocycles. The van der Waals surface area contributed by atoms with Crippen molar-refractivity contribution in [3.8, 4) is 0 Å². The zero-order valence-electron chi connectivity index (χ0n) is 17.5. The van der Waals surface area contributed by atoms with Crippen molar-refractivity contribution in [3.05, 3.63) is 35.9 Å². The van der Waals surface area contributed by atoms with Crippen molar-refractivity contribution < 1.29 is 9.47 Å². The normalized spacial score (nSPS) is 16.5. The first kappa shape index (κ1) is 25.1. The molecule has 1 aliphatic rings. The minimum Gasteiger partial charge on any atom is -0.379 e. The number of nitrogens with zero attached hydrogens (tertiary/aromatic N) is 2. The van der Waals surface area contributed by atoms with Crippen LogP contribution >= 0.6 is 24.0 Å². The number of hydrogen-bond donors (Lipinski definition) is 2. The maximum atomic E-state index is 5.74. The van der Waals surface area contributed by atoms with Crippen LogP contribution in [0, 0.1) is 5.92 Å². The van der Waals surface area contributed by atoms with Gasteiger partial charge in [0.1, 0.15) is 0 Å². The minimum absolute atomic E-state index is 0. The Morgan fingerprint density at radius 3 is 2.54 bits per heavy atom. The first-order chi connectivity index (χ1) is 13.2. The first-order valence-electron chi connectivity index (χ1n) is 10.2. The maximum Gasteiger partial charge on any atom is 0.191 e. The second-order valence-electron chi connectivity index (χ2n) is 7.14. The third-order valence-electron chi connectivity index (χ3n) is 4.72. The zero-order valence-corrected chi connectivity index (χ0v) is 19.9. The van der Waals surface area contributed by atoms with Crippen LogP contribution in [-0.2, 0) is 16.1 Å². The maximum absolute atomic E-state index is 5.74. The number of rotatable bonds is 10. The van der Waals surface area contributed by atoms with Crippen LogP contribution in [0.2, 0.25) is 0 Å². The Morgan fingerprint density at radius 1 is 1.18 bits per heavy atom. The van der Waals surface area contributed by atoms with Gasteiger partial charge in [0, 0.05) is 32.2 Å². The molecule has 1 atom stereocenters. The lowest BCUT2D eigenvalue weighted by Gasteiger charge is -2.36. The largest absolute Gasteiger partial charge is 0.379 e. The Kier molecular flexibility index (Phi) is 13.5. The van der Waals surface area contributed by atoms with E-state index in [0.717, 1.165) is 51.9 Å². The molecular weight excluding hydrogens is 467 g/mol. The standard InChI is InChI=1S/C21H36N4O2.HI/c1-4-22-21(23-10-13-27-17-19-8-6-5-7-9-19)24-16-20(18(2)3)25-11-14-26-15-12-25;/h5-9,18,20H,4,10-17H2,1-3H3,(H2,22,23,24);1H. The highest BCUT2D eigenvalue weighted by Gasteiger charge is 2.23. The molecule has 2 rings (SSSR count). The van der Waals surface area contributed by atoms with Crippen LogP contribution in [0.5, 0.6) is 0 Å². The van der Waals surface area contributed by atoms with Crippen molar-refractivity contribution in [2.75, 3.05) is 52.5 Å². The number of guanidine groups is 1. The monoisotopic (exact) mass is 504 g/mol. The van der Waals surface area contributed by atoms with Gasteiger partial charge in [-0.05, 0) is 18.4 Å². The molecule has 7 heteroatoms. The van der Waals surface area contributed by atoms with Crippen LogP contribution in [0.3, 0.4) is 0 Å². The number of halogens is 1. The molecule has 28 heavy (non-hydrogen) atoms. The minimum atomic E-state index is 0. The topological polar surface area (TPSA) is 58.1 Å². The summed E-state index contributed by atoms with van der Waals surface area (Å²) in [5.74, 6) is 1.42. The number of morpholine rings is 1. The van der Waals surface area contributed by atoms with Gasteiger partial charge >= 0.3 is 0 Å². The van der Waals surface area contributed by atoms with Gasteiger partial charge in [0.05, 0.1) is 33.0 Å². The fraction of sp³-hybridized carbons (Fsp3) is 0.667. The summed E-state index contributed by atoms with van der Waals surface area (Å²) in [7, 11) is 0. The molecule has 1 aliphatic heterocycles. The quantitative estimate of drug-likeness (QED) is 0.222. The molecule has 1 unspecified atom stereocenters. The average Bonchev–Trinajstić information content (AvgIpc) is 2.69. The summed E-state index contributed by atoms with van der Waals surface area (Å²) in [5.41, 5.74) is 1.20. The molecule has 0 radical (unpaired) electrons. The molecule has 1 aromatic rings. The van der Waals surface area contributed by atoms with Gasteiger partial charge in [0.15, 0.2) is 5.96 Å². The van der Waals surface area contributed by atoms with E-state index >= 15 is 0 Å². The fourth-order valence-electron chi connectivity index (χ4n) is 3.19. The van der Waals surface area contributed by atoms with Gasteiger partial charge in [-0.25, -0.2) is 0 Å². The van der Waals surface area contributed by atoms with Crippen molar-refractivity contribution in [3.63, 3.8) is 0 Å². The van der Waals surface area contributed by atoms with Gasteiger partial charge in [0.2, 0.25) is 0 Å². The molecule has 0 saturated carbocycles. The van der Waals surface area contributed by atoms with E-state index in [0.29, 0.717) is 25.2 Å². The van der Waals surface area contributed by atoms with Gasteiger partial charge in [-0.15, -0.1) is 24.0 Å². The summed E-state index contributed by atoms with van der Waals surface area (Å²) in [6, 6.07) is 10.7. The third-order valence-corrected chi connectivity index (χ3v) is 4.72. The van der Waals surface area contributed by atoms with Crippen LogP contribution in [0.1, 0.15) is 26.3 Å². The highest BCUT2D eigenvalue weighted by molar-refractivity contribution is 14.0. The second-order valence-corrected chi connectivity index (χ2v) is 7.14. The van der Waals surface area contributed by atoms with Crippen molar-refractivity contribution in [2.45, 2.75) is 33.4 Å². The Labute approximate surface area is 187 Å². The third kappa shape index (κ3) is 9.54. The molecule has 6 nitrogen and oxygen atoms in total. The van der Waals surface area contributed by atoms with Crippen molar-refractivity contribution in [2.24, 2.45) is 10.9 Å². The number of hydrogen-bond acceptors (Lipinski definition) is 4. The van der Waals surface area contributed by atoms with Crippen LogP contribution in [0.15, 0.2) is 35.3 Å². The van der Waals surface area contributed by atoms with Crippen LogP contribution < -0.4 is 10.6 Å². The molecule has 1 aromatic carbocycles. The molecule has 2 N–H and O–H groups in total. The molecule has 0 amide bonds. The Balaban J connectivity index is 0.00000392. The van der Waals surface area contributed by atoms with Crippen LogP contribution in [0.4, 0.5) is 0 Å². The summed E-state index contributed by atoms with van der Waals surface area (Å²) in [5, 5.41) is 6.70. The number of benzene rings is 1. The van der Waals surface area contributed by atoms with E-state index in [2.05, 4.69) is 48.4 Å². The van der Waals surface area contributed by atoms with Crippen molar-refractivity contribution in [1.29, 1.82) is 0 Å². The van der Waals surface area contributed by atoms with E-state index in [9.17, 15) is 0 Å². The summed E-state index contributed by atoms with van der Waals surface area (Å²) < 4.78 is 11.2. The lowest BCUT2D eigenvalue weighted by atomic mass is 10.0. The number of nitrogens with one attached hydrogen (secondary N) is 2. The van der Waals surface area contributed by atoms with Crippen molar-refractivity contribution in [1.82, 2.24) is 15.5 Å². The number of aliphatic imine (C=N–C) groups is 1. The summed E-state index contributed by atoms with van der Waals surface area (Å²) in [6.07, 6.45) is 0. The molecule has 160 valence electrons. The molecule has 0 bridgehead atoms. The first-order valence-corrected chi connectivity index (χ1v) is 10.2. The molecule has 1 heterocycles. The molecule has 0 aliphatic carbocycles. The highest BCUT2D eigenvalue weighted by Crippen LogP contribution is 2.13. The van der Waals surface area contributed by atoms with E-state index in [4.69, 9.17) is 14.5 Å². The van der Waals surface area contributed by atoms with Gasteiger partial charge in [-0.1, -0.05) is 44.2 Å². The van der Waals surface area contributed by atoms with Gasteiger partial charge in [-0.2, -0.15) is 0 Å². The van der Waals surface area contributed by atoms with E-state index in [-0.39, 0.29) is 24.0 Å². The van der Waals surface area contributed by atoms with Gasteiger partial charge in [-0.3, -0.25) is 9.89 Å². The number of ether oxygens (including phenoxy) is 2. The van der Waals surface area contributed by atoms with E-state index in [1.54, 1.807) is 0 Å². The Hall–Kier alpha value is -0.900. The predicted molar refractivity (Wildman–Crippen MR) is 127 cm³/mol. The summed E-state index contributed by atoms with van der Waals surface area (Å²) in [4.78, 5) is 7.33. The van der Waals surface area contributed by atoms with Crippen molar-refractivity contribution >= 4 is 29.9 Å². The van der Waals surface area contributed by atoms with E-state index < -0.39 is 0 Å². The lowest BCUT2D eigenvalue weighted by molar-refractivity contribution is 0.00867. The predicted octanol–water partition coefficient (Wildman–Crippen LogP) is 2.73. The molecule has 0 aromatic heterocycles.